The SMILES string of the molecule is COCCNC(=O)CCNc1nc2sccn2c1[N+](=O)[O-]. The number of nitro groups is 1. The predicted octanol–water partition coefficient (Wildman–Crippen LogP) is 0.869. The van der Waals surface area contributed by atoms with Crippen molar-refractivity contribution in [2.75, 3.05) is 32.1 Å². The minimum atomic E-state index is -0.492. The number of imidazole rings is 1. The van der Waals surface area contributed by atoms with E-state index in [4.69, 9.17) is 4.74 Å². The summed E-state index contributed by atoms with van der Waals surface area (Å²) >= 11 is 1.31. The summed E-state index contributed by atoms with van der Waals surface area (Å²) in [6.45, 7) is 1.15. The third-order valence-corrected chi connectivity index (χ3v) is 3.44. The predicted molar refractivity (Wildman–Crippen MR) is 77.7 cm³/mol. The molecule has 2 rings (SSSR count). The van der Waals surface area contributed by atoms with Crippen molar-refractivity contribution in [1.29, 1.82) is 0 Å². The number of amides is 1. The minimum absolute atomic E-state index is 0.119. The van der Waals surface area contributed by atoms with Gasteiger partial charge in [-0.05, 0) is 4.92 Å². The maximum absolute atomic E-state index is 11.5. The summed E-state index contributed by atoms with van der Waals surface area (Å²) in [5.74, 6) is -0.0918. The third-order valence-electron chi connectivity index (χ3n) is 2.68. The quantitative estimate of drug-likeness (QED) is 0.425. The minimum Gasteiger partial charge on any atom is -0.383 e. The van der Waals surface area contributed by atoms with Gasteiger partial charge in [-0.3, -0.25) is 4.79 Å². The first kappa shape index (κ1) is 15.2. The maximum Gasteiger partial charge on any atom is 0.372 e. The molecule has 0 aliphatic heterocycles. The van der Waals surface area contributed by atoms with E-state index in [0.29, 0.717) is 18.1 Å². The Kier molecular flexibility index (Phi) is 5.06. The molecular formula is C11H15N5O4S. The van der Waals surface area contributed by atoms with Crippen LogP contribution in [0.1, 0.15) is 6.42 Å². The zero-order chi connectivity index (χ0) is 15.2. The lowest BCUT2D eigenvalue weighted by Gasteiger charge is -2.05. The van der Waals surface area contributed by atoms with Gasteiger partial charge in [0.2, 0.25) is 11.7 Å². The van der Waals surface area contributed by atoms with Gasteiger partial charge in [0.15, 0.2) is 0 Å². The number of rotatable bonds is 8. The average Bonchev–Trinajstić information content (AvgIpc) is 2.98. The van der Waals surface area contributed by atoms with Crippen LogP contribution in [0.5, 0.6) is 0 Å². The van der Waals surface area contributed by atoms with E-state index in [1.54, 1.807) is 18.7 Å². The van der Waals surface area contributed by atoms with E-state index in [1.807, 2.05) is 0 Å². The lowest BCUT2D eigenvalue weighted by molar-refractivity contribution is -0.389. The zero-order valence-corrected chi connectivity index (χ0v) is 12.2. The monoisotopic (exact) mass is 313 g/mol. The molecule has 21 heavy (non-hydrogen) atoms. The molecule has 0 fully saturated rings. The number of hydrogen-bond donors (Lipinski definition) is 2. The van der Waals surface area contributed by atoms with Crippen LogP contribution in [-0.2, 0) is 9.53 Å². The Morgan fingerprint density at radius 3 is 3.10 bits per heavy atom. The summed E-state index contributed by atoms with van der Waals surface area (Å²) in [7, 11) is 1.55. The number of thiazole rings is 1. The molecule has 1 amide bonds. The van der Waals surface area contributed by atoms with Gasteiger partial charge in [-0.25, -0.2) is 0 Å². The fourth-order valence-corrected chi connectivity index (χ4v) is 2.45. The smallest absolute Gasteiger partial charge is 0.372 e. The number of carbonyl (C=O) groups is 1. The molecule has 0 unspecified atom stereocenters. The van der Waals surface area contributed by atoms with E-state index in [2.05, 4.69) is 15.6 Å². The summed E-state index contributed by atoms with van der Waals surface area (Å²) in [6.07, 6.45) is 1.79. The molecule has 0 bridgehead atoms. The molecule has 0 spiro atoms. The van der Waals surface area contributed by atoms with Gasteiger partial charge in [-0.2, -0.15) is 9.38 Å². The van der Waals surface area contributed by atoms with E-state index in [9.17, 15) is 14.9 Å². The Labute approximate surface area is 124 Å². The number of hydrogen-bond acceptors (Lipinski definition) is 7. The number of aromatic nitrogens is 2. The van der Waals surface area contributed by atoms with E-state index in [0.717, 1.165) is 0 Å². The van der Waals surface area contributed by atoms with E-state index < -0.39 is 4.92 Å². The summed E-state index contributed by atoms with van der Waals surface area (Å²) in [6, 6.07) is 0. The highest BCUT2D eigenvalue weighted by molar-refractivity contribution is 7.15. The molecule has 2 aromatic heterocycles. The second-order valence-electron chi connectivity index (χ2n) is 4.12. The molecular weight excluding hydrogens is 298 g/mol. The molecule has 0 aliphatic carbocycles. The molecule has 0 saturated carbocycles. The van der Waals surface area contributed by atoms with Gasteiger partial charge < -0.3 is 25.5 Å². The van der Waals surface area contributed by atoms with E-state index in [-0.39, 0.29) is 30.5 Å². The molecule has 0 aliphatic rings. The van der Waals surface area contributed by atoms with Gasteiger partial charge in [0.1, 0.15) is 6.20 Å². The van der Waals surface area contributed by atoms with Gasteiger partial charge in [0, 0.05) is 32.0 Å². The van der Waals surface area contributed by atoms with Crippen molar-refractivity contribution in [2.24, 2.45) is 0 Å². The number of carbonyl (C=O) groups excluding carboxylic acids is 1. The fourth-order valence-electron chi connectivity index (χ4n) is 1.74. The summed E-state index contributed by atoms with van der Waals surface area (Å²) in [5, 5.41) is 18.3. The highest BCUT2D eigenvalue weighted by Crippen LogP contribution is 2.27. The fraction of sp³-hybridized carbons (Fsp3) is 0.455. The average molecular weight is 313 g/mol. The topological polar surface area (TPSA) is 111 Å². The normalized spacial score (nSPS) is 10.7. The standard InChI is InChI=1S/C11H15N5O4S/c1-20-6-4-12-8(17)2-3-13-9-10(16(18)19)15-5-7-21-11(15)14-9/h5,7,13H,2-4,6H2,1H3,(H,12,17). The molecule has 0 saturated heterocycles. The van der Waals surface area contributed by atoms with Crippen LogP contribution in [0.4, 0.5) is 11.6 Å². The van der Waals surface area contributed by atoms with Crippen molar-refractivity contribution in [3.8, 4) is 0 Å². The second-order valence-corrected chi connectivity index (χ2v) is 4.99. The van der Waals surface area contributed by atoms with Crippen molar-refractivity contribution in [3.63, 3.8) is 0 Å². The second kappa shape index (κ2) is 6.99. The lowest BCUT2D eigenvalue weighted by atomic mass is 10.4. The van der Waals surface area contributed by atoms with Gasteiger partial charge in [0.25, 0.3) is 4.96 Å². The number of methoxy groups -OCH3 is 1. The molecule has 9 nitrogen and oxygen atoms in total. The Hall–Kier alpha value is -2.20. The number of anilines is 1. The van der Waals surface area contributed by atoms with Crippen LogP contribution in [0.2, 0.25) is 0 Å². The van der Waals surface area contributed by atoms with Gasteiger partial charge >= 0.3 is 5.82 Å². The van der Waals surface area contributed by atoms with Crippen LogP contribution in [0.15, 0.2) is 11.6 Å². The summed E-state index contributed by atoms with van der Waals surface area (Å²) < 4.78 is 6.22. The van der Waals surface area contributed by atoms with Gasteiger partial charge in [-0.15, -0.1) is 0 Å². The molecule has 2 aromatic rings. The first-order valence-electron chi connectivity index (χ1n) is 6.23. The lowest BCUT2D eigenvalue weighted by Crippen LogP contribution is -2.28. The van der Waals surface area contributed by atoms with Crippen molar-refractivity contribution < 1.29 is 14.5 Å². The molecule has 10 heteroatoms. The van der Waals surface area contributed by atoms with E-state index >= 15 is 0 Å². The Morgan fingerprint density at radius 1 is 1.57 bits per heavy atom. The molecule has 2 N–H and O–H groups in total. The van der Waals surface area contributed by atoms with Crippen molar-refractivity contribution in [2.45, 2.75) is 6.42 Å². The zero-order valence-electron chi connectivity index (χ0n) is 11.4. The van der Waals surface area contributed by atoms with Crippen LogP contribution in [0, 0.1) is 10.1 Å². The molecule has 114 valence electrons. The molecule has 0 atom stereocenters. The van der Waals surface area contributed by atoms with E-state index in [1.165, 1.54) is 15.7 Å². The van der Waals surface area contributed by atoms with Gasteiger partial charge in [-0.1, -0.05) is 11.3 Å². The van der Waals surface area contributed by atoms with Crippen LogP contribution in [-0.4, -0.2) is 47.0 Å². The van der Waals surface area contributed by atoms with Crippen molar-refractivity contribution >= 4 is 33.8 Å². The van der Waals surface area contributed by atoms with Crippen LogP contribution in [0.3, 0.4) is 0 Å². The van der Waals surface area contributed by atoms with Crippen LogP contribution < -0.4 is 10.6 Å². The maximum atomic E-state index is 11.5. The number of nitrogens with zero attached hydrogens (tertiary/aromatic N) is 3. The molecule has 0 aromatic carbocycles. The van der Waals surface area contributed by atoms with Crippen LogP contribution in [0.25, 0.3) is 4.96 Å². The highest BCUT2D eigenvalue weighted by Gasteiger charge is 2.23. The molecule has 0 radical (unpaired) electrons. The Balaban J connectivity index is 1.91. The first-order valence-corrected chi connectivity index (χ1v) is 7.11. The van der Waals surface area contributed by atoms with Crippen molar-refractivity contribution in [3.05, 3.63) is 21.7 Å². The summed E-state index contributed by atoms with van der Waals surface area (Å²) in [4.78, 5) is 26.8. The third kappa shape index (κ3) is 3.67. The Morgan fingerprint density at radius 2 is 2.38 bits per heavy atom. The number of fused-ring (bicyclic) bond motifs is 1. The van der Waals surface area contributed by atoms with Crippen molar-refractivity contribution in [1.82, 2.24) is 14.7 Å². The van der Waals surface area contributed by atoms with Gasteiger partial charge in [0.05, 0.1) is 6.61 Å². The molecule has 2 heterocycles. The Bertz CT molecular complexity index is 638. The first-order chi connectivity index (χ1) is 10.1. The highest BCUT2D eigenvalue weighted by atomic mass is 32.1. The van der Waals surface area contributed by atoms with Crippen LogP contribution >= 0.6 is 11.3 Å². The largest absolute Gasteiger partial charge is 0.383 e. The number of nitrogens with one attached hydrogen (secondary N) is 2. The number of ether oxygens (including phenoxy) is 1. The summed E-state index contributed by atoms with van der Waals surface area (Å²) in [5.41, 5.74) is 0.